The number of amides is 1. The first kappa shape index (κ1) is 24.6. The average molecular weight is 502 g/mol. The van der Waals surface area contributed by atoms with Crippen LogP contribution in [0.5, 0.6) is 17.2 Å². The standard InChI is InChI=1S/C28H31N5O4/c1-29-33-14-8-21-15-26(25(36-2)17-24(21)33)37-23-7-11-30-27(16-23)31-28(35)20-5-3-19(4-6-20)18-32-12-9-22(34)10-13-32/h3-8,11,14-17,22,29,34H,9-10,12-13,18H2,1-2H3,(H,30,31,35). The van der Waals surface area contributed by atoms with Gasteiger partial charge >= 0.3 is 0 Å². The molecule has 0 unspecified atom stereocenters. The van der Waals surface area contributed by atoms with E-state index in [0.717, 1.165) is 48.9 Å². The van der Waals surface area contributed by atoms with Crippen molar-refractivity contribution in [1.29, 1.82) is 0 Å². The summed E-state index contributed by atoms with van der Waals surface area (Å²) >= 11 is 0. The molecule has 37 heavy (non-hydrogen) atoms. The molecule has 1 amide bonds. The van der Waals surface area contributed by atoms with Gasteiger partial charge in [-0.3, -0.25) is 14.4 Å². The van der Waals surface area contributed by atoms with Gasteiger partial charge in [0.2, 0.25) is 0 Å². The second-order valence-corrected chi connectivity index (χ2v) is 9.11. The SMILES string of the molecule is CNn1ccc2cc(Oc3ccnc(NC(=O)c4ccc(CN5CCC(O)CC5)cc4)c3)c(OC)cc21. The summed E-state index contributed by atoms with van der Waals surface area (Å²) in [6, 6.07) is 16.8. The lowest BCUT2D eigenvalue weighted by Crippen LogP contribution is -2.35. The minimum atomic E-state index is -0.246. The summed E-state index contributed by atoms with van der Waals surface area (Å²) in [5, 5.41) is 13.5. The minimum absolute atomic E-state index is 0.184. The number of fused-ring (bicyclic) bond motifs is 1. The quantitative estimate of drug-likeness (QED) is 0.332. The molecule has 1 aliphatic rings. The van der Waals surface area contributed by atoms with Gasteiger partial charge < -0.3 is 25.3 Å². The molecule has 2 aromatic carbocycles. The molecule has 0 aliphatic carbocycles. The molecule has 1 saturated heterocycles. The zero-order chi connectivity index (χ0) is 25.8. The van der Waals surface area contributed by atoms with Crippen molar-refractivity contribution in [3.8, 4) is 17.2 Å². The number of likely N-dealkylation sites (tertiary alicyclic amines) is 1. The molecular weight excluding hydrogens is 470 g/mol. The van der Waals surface area contributed by atoms with Gasteiger partial charge in [0.15, 0.2) is 11.5 Å². The smallest absolute Gasteiger partial charge is 0.256 e. The molecular formula is C28H31N5O4. The van der Waals surface area contributed by atoms with Crippen LogP contribution in [0.15, 0.2) is 67.0 Å². The number of aromatic nitrogens is 2. The third kappa shape index (κ3) is 5.68. The highest BCUT2D eigenvalue weighted by Gasteiger charge is 2.17. The topological polar surface area (TPSA) is 101 Å². The fourth-order valence-corrected chi connectivity index (χ4v) is 4.53. The number of benzene rings is 2. The third-order valence-corrected chi connectivity index (χ3v) is 6.60. The van der Waals surface area contributed by atoms with Crippen molar-refractivity contribution < 1.29 is 19.4 Å². The van der Waals surface area contributed by atoms with Crippen LogP contribution in [0.3, 0.4) is 0 Å². The normalized spacial score (nSPS) is 14.5. The maximum Gasteiger partial charge on any atom is 0.256 e. The Kier molecular flexibility index (Phi) is 7.25. The van der Waals surface area contributed by atoms with Crippen molar-refractivity contribution in [2.75, 3.05) is 38.0 Å². The summed E-state index contributed by atoms with van der Waals surface area (Å²) in [4.78, 5) is 19.4. The summed E-state index contributed by atoms with van der Waals surface area (Å²) < 4.78 is 13.5. The highest BCUT2D eigenvalue weighted by atomic mass is 16.5. The van der Waals surface area contributed by atoms with Crippen LogP contribution in [0.4, 0.5) is 5.82 Å². The van der Waals surface area contributed by atoms with Crippen LogP contribution in [0.2, 0.25) is 0 Å². The number of rotatable bonds is 8. The number of aliphatic hydroxyl groups is 1. The number of anilines is 1. The second kappa shape index (κ2) is 10.9. The summed E-state index contributed by atoms with van der Waals surface area (Å²) in [6.45, 7) is 2.58. The summed E-state index contributed by atoms with van der Waals surface area (Å²) in [6.07, 6.45) is 4.95. The first-order valence-corrected chi connectivity index (χ1v) is 12.3. The maximum absolute atomic E-state index is 12.8. The molecule has 9 nitrogen and oxygen atoms in total. The van der Waals surface area contributed by atoms with E-state index in [9.17, 15) is 9.90 Å². The molecule has 0 spiro atoms. The molecule has 0 saturated carbocycles. The van der Waals surface area contributed by atoms with Crippen molar-refractivity contribution in [1.82, 2.24) is 14.6 Å². The monoisotopic (exact) mass is 501 g/mol. The fourth-order valence-electron chi connectivity index (χ4n) is 4.53. The number of ether oxygens (including phenoxy) is 2. The molecule has 4 aromatic rings. The fraction of sp³-hybridized carbons (Fsp3) is 0.286. The number of nitrogens with zero attached hydrogens (tertiary/aromatic N) is 3. The van der Waals surface area contributed by atoms with E-state index in [1.807, 2.05) is 60.4 Å². The summed E-state index contributed by atoms with van der Waals surface area (Å²) in [5.41, 5.74) is 5.75. The van der Waals surface area contributed by atoms with Crippen molar-refractivity contribution in [2.45, 2.75) is 25.5 Å². The zero-order valence-electron chi connectivity index (χ0n) is 21.0. The second-order valence-electron chi connectivity index (χ2n) is 9.11. The van der Waals surface area contributed by atoms with E-state index in [2.05, 4.69) is 20.6 Å². The van der Waals surface area contributed by atoms with E-state index in [-0.39, 0.29) is 12.0 Å². The number of hydrogen-bond acceptors (Lipinski definition) is 7. The molecule has 0 atom stereocenters. The number of carbonyl (C=O) groups is 1. The molecule has 3 N–H and O–H groups in total. The Labute approximate surface area is 215 Å². The molecule has 1 fully saturated rings. The van der Waals surface area contributed by atoms with Crippen molar-refractivity contribution in [3.05, 3.63) is 78.1 Å². The number of pyridine rings is 1. The van der Waals surface area contributed by atoms with Gasteiger partial charge in [-0.1, -0.05) is 12.1 Å². The lowest BCUT2D eigenvalue weighted by atomic mass is 10.1. The van der Waals surface area contributed by atoms with Crippen LogP contribution in [0.25, 0.3) is 10.9 Å². The largest absolute Gasteiger partial charge is 0.493 e. The number of piperidine rings is 1. The Bertz CT molecular complexity index is 1380. The van der Waals surface area contributed by atoms with E-state index in [4.69, 9.17) is 9.47 Å². The van der Waals surface area contributed by atoms with E-state index >= 15 is 0 Å². The first-order chi connectivity index (χ1) is 18.0. The number of hydrogen-bond donors (Lipinski definition) is 3. The summed E-state index contributed by atoms with van der Waals surface area (Å²) in [5.74, 6) is 1.82. The molecule has 0 radical (unpaired) electrons. The maximum atomic E-state index is 12.8. The molecule has 0 bridgehead atoms. The summed E-state index contributed by atoms with van der Waals surface area (Å²) in [7, 11) is 3.45. The van der Waals surface area contributed by atoms with Crippen LogP contribution in [0.1, 0.15) is 28.8 Å². The number of aliphatic hydroxyl groups excluding tert-OH is 1. The number of methoxy groups -OCH3 is 1. The van der Waals surface area contributed by atoms with Gasteiger partial charge in [0.1, 0.15) is 11.6 Å². The molecule has 5 rings (SSSR count). The lowest BCUT2D eigenvalue weighted by molar-refractivity contribution is 0.0792. The predicted molar refractivity (Wildman–Crippen MR) is 143 cm³/mol. The zero-order valence-corrected chi connectivity index (χ0v) is 21.0. The Morgan fingerprint density at radius 1 is 1.08 bits per heavy atom. The predicted octanol–water partition coefficient (Wildman–Crippen LogP) is 4.22. The Balaban J connectivity index is 1.25. The van der Waals surface area contributed by atoms with Crippen LogP contribution in [-0.4, -0.2) is 58.9 Å². The molecule has 1 aliphatic heterocycles. The minimum Gasteiger partial charge on any atom is -0.493 e. The van der Waals surface area contributed by atoms with Gasteiger partial charge in [-0.15, -0.1) is 0 Å². The van der Waals surface area contributed by atoms with E-state index in [1.54, 1.807) is 25.4 Å². The van der Waals surface area contributed by atoms with Gasteiger partial charge in [0.05, 0.1) is 18.7 Å². The third-order valence-electron chi connectivity index (χ3n) is 6.60. The Hall–Kier alpha value is -4.08. The van der Waals surface area contributed by atoms with E-state index in [0.29, 0.717) is 28.6 Å². The van der Waals surface area contributed by atoms with Crippen LogP contribution >= 0.6 is 0 Å². The highest BCUT2D eigenvalue weighted by molar-refractivity contribution is 6.03. The lowest BCUT2D eigenvalue weighted by Gasteiger charge is -2.29. The number of nitrogens with one attached hydrogen (secondary N) is 2. The number of carbonyl (C=O) groups excluding carboxylic acids is 1. The van der Waals surface area contributed by atoms with Crippen LogP contribution in [-0.2, 0) is 6.54 Å². The van der Waals surface area contributed by atoms with E-state index in [1.165, 1.54) is 0 Å². The van der Waals surface area contributed by atoms with Crippen molar-refractivity contribution >= 4 is 22.6 Å². The molecule has 3 heterocycles. The van der Waals surface area contributed by atoms with Crippen molar-refractivity contribution in [3.63, 3.8) is 0 Å². The first-order valence-electron chi connectivity index (χ1n) is 12.3. The average Bonchev–Trinajstić information content (AvgIpc) is 3.32. The Morgan fingerprint density at radius 3 is 2.59 bits per heavy atom. The molecule has 192 valence electrons. The van der Waals surface area contributed by atoms with E-state index < -0.39 is 0 Å². The molecule has 9 heteroatoms. The van der Waals surface area contributed by atoms with Gasteiger partial charge in [-0.25, -0.2) is 4.98 Å². The highest BCUT2D eigenvalue weighted by Crippen LogP contribution is 2.36. The van der Waals surface area contributed by atoms with Gasteiger partial charge in [0, 0.05) is 62.2 Å². The molecule has 2 aromatic heterocycles. The van der Waals surface area contributed by atoms with Crippen molar-refractivity contribution in [2.24, 2.45) is 0 Å². The van der Waals surface area contributed by atoms with Gasteiger partial charge in [-0.2, -0.15) is 0 Å². The van der Waals surface area contributed by atoms with Gasteiger partial charge in [-0.05, 0) is 48.7 Å². The Morgan fingerprint density at radius 2 is 1.86 bits per heavy atom. The van der Waals surface area contributed by atoms with Crippen LogP contribution < -0.4 is 20.2 Å². The van der Waals surface area contributed by atoms with Gasteiger partial charge in [0.25, 0.3) is 5.91 Å². The van der Waals surface area contributed by atoms with Crippen LogP contribution in [0, 0.1) is 0 Å².